The van der Waals surface area contributed by atoms with Crippen LogP contribution in [0.1, 0.15) is 12.7 Å². The first-order chi connectivity index (χ1) is 10.8. The highest BCUT2D eigenvalue weighted by molar-refractivity contribution is 5.58. The second-order valence-electron chi connectivity index (χ2n) is 4.66. The normalized spacial score (nSPS) is 10.6. The van der Waals surface area contributed by atoms with Crippen molar-refractivity contribution in [3.63, 3.8) is 0 Å². The van der Waals surface area contributed by atoms with E-state index in [9.17, 15) is 4.39 Å². The molecular formula is C15H15FN6. The zero-order valence-electron chi connectivity index (χ0n) is 12.1. The summed E-state index contributed by atoms with van der Waals surface area (Å²) in [7, 11) is 0. The summed E-state index contributed by atoms with van der Waals surface area (Å²) in [5.74, 6) is 0.963. The van der Waals surface area contributed by atoms with Crippen LogP contribution in [0.15, 0.2) is 42.9 Å². The second-order valence-corrected chi connectivity index (χ2v) is 4.66. The van der Waals surface area contributed by atoms with Gasteiger partial charge in [-0.25, -0.2) is 14.4 Å². The minimum atomic E-state index is -0.310. The topological polar surface area (TPSA) is 68.5 Å². The Labute approximate surface area is 127 Å². The van der Waals surface area contributed by atoms with E-state index in [1.807, 2.05) is 17.7 Å². The van der Waals surface area contributed by atoms with Gasteiger partial charge in [-0.3, -0.25) is 0 Å². The highest BCUT2D eigenvalue weighted by Crippen LogP contribution is 2.17. The molecule has 0 aliphatic rings. The van der Waals surface area contributed by atoms with Gasteiger partial charge in [0.1, 0.15) is 11.6 Å². The van der Waals surface area contributed by atoms with E-state index < -0.39 is 0 Å². The van der Waals surface area contributed by atoms with Crippen LogP contribution in [-0.2, 0) is 13.1 Å². The van der Waals surface area contributed by atoms with Gasteiger partial charge < -0.3 is 9.88 Å². The highest BCUT2D eigenvalue weighted by Gasteiger charge is 2.06. The molecule has 0 saturated heterocycles. The maximum absolute atomic E-state index is 13.3. The molecule has 7 heteroatoms. The summed E-state index contributed by atoms with van der Waals surface area (Å²) in [6, 6.07) is 6.22. The Morgan fingerprint density at radius 3 is 3.05 bits per heavy atom. The average molecular weight is 298 g/mol. The number of benzene rings is 1. The van der Waals surface area contributed by atoms with Crippen LogP contribution in [0.5, 0.6) is 0 Å². The van der Waals surface area contributed by atoms with Gasteiger partial charge in [0.25, 0.3) is 0 Å². The Morgan fingerprint density at radius 2 is 2.23 bits per heavy atom. The summed E-state index contributed by atoms with van der Waals surface area (Å²) >= 11 is 0. The Morgan fingerprint density at radius 1 is 1.32 bits per heavy atom. The Bertz CT molecular complexity index is 770. The summed E-state index contributed by atoms with van der Waals surface area (Å²) in [5.41, 5.74) is 1.23. The van der Waals surface area contributed by atoms with Crippen LogP contribution in [0.2, 0.25) is 0 Å². The fraction of sp³-hybridized carbons (Fsp3) is 0.200. The van der Waals surface area contributed by atoms with Crippen LogP contribution in [0, 0.1) is 5.82 Å². The lowest BCUT2D eigenvalue weighted by atomic mass is 10.2. The first-order valence-corrected chi connectivity index (χ1v) is 6.96. The molecule has 0 aliphatic carbocycles. The number of nitrogens with zero attached hydrogens (tertiary/aromatic N) is 5. The summed E-state index contributed by atoms with van der Waals surface area (Å²) in [6.07, 6.45) is 5.18. The van der Waals surface area contributed by atoms with Crippen LogP contribution >= 0.6 is 0 Å². The van der Waals surface area contributed by atoms with Crippen molar-refractivity contribution in [1.82, 2.24) is 24.7 Å². The first-order valence-electron chi connectivity index (χ1n) is 6.96. The predicted octanol–water partition coefficient (Wildman–Crippen LogP) is 2.51. The maximum atomic E-state index is 13.3. The van der Waals surface area contributed by atoms with Crippen molar-refractivity contribution in [3.8, 4) is 11.3 Å². The van der Waals surface area contributed by atoms with Crippen molar-refractivity contribution in [2.45, 2.75) is 20.0 Å². The molecule has 3 rings (SSSR count). The third kappa shape index (κ3) is 3.08. The van der Waals surface area contributed by atoms with Crippen molar-refractivity contribution < 1.29 is 4.39 Å². The number of hydrogen-bond donors (Lipinski definition) is 1. The van der Waals surface area contributed by atoms with Gasteiger partial charge >= 0.3 is 0 Å². The molecule has 0 saturated carbocycles. The summed E-state index contributed by atoms with van der Waals surface area (Å²) in [6.45, 7) is 3.39. The van der Waals surface area contributed by atoms with Gasteiger partial charge in [0.2, 0.25) is 5.95 Å². The van der Waals surface area contributed by atoms with Crippen LogP contribution in [0.4, 0.5) is 10.3 Å². The van der Waals surface area contributed by atoms with E-state index in [4.69, 9.17) is 0 Å². The van der Waals surface area contributed by atoms with Crippen molar-refractivity contribution in [1.29, 1.82) is 0 Å². The molecule has 0 radical (unpaired) electrons. The lowest BCUT2D eigenvalue weighted by Crippen LogP contribution is -2.10. The lowest BCUT2D eigenvalue weighted by Gasteiger charge is -2.07. The average Bonchev–Trinajstić information content (AvgIpc) is 3.01. The zero-order chi connectivity index (χ0) is 15.4. The summed E-state index contributed by atoms with van der Waals surface area (Å²) in [4.78, 5) is 8.62. The third-order valence-corrected chi connectivity index (χ3v) is 3.23. The minimum absolute atomic E-state index is 0.310. The number of aryl methyl sites for hydroxylation is 1. The number of anilines is 1. The van der Waals surface area contributed by atoms with Crippen LogP contribution in [0.3, 0.4) is 0 Å². The predicted molar refractivity (Wildman–Crippen MR) is 80.4 cm³/mol. The Kier molecular flexibility index (Phi) is 4.04. The number of imidazole rings is 1. The zero-order valence-corrected chi connectivity index (χ0v) is 12.1. The molecule has 3 aromatic rings. The molecule has 2 aromatic heterocycles. The van der Waals surface area contributed by atoms with E-state index in [0.717, 1.165) is 12.4 Å². The summed E-state index contributed by atoms with van der Waals surface area (Å²) < 4.78 is 15.3. The van der Waals surface area contributed by atoms with Crippen molar-refractivity contribution in [2.24, 2.45) is 0 Å². The van der Waals surface area contributed by atoms with Crippen LogP contribution in [0.25, 0.3) is 11.3 Å². The number of hydrogen-bond acceptors (Lipinski definition) is 5. The quantitative estimate of drug-likeness (QED) is 0.784. The van der Waals surface area contributed by atoms with Gasteiger partial charge in [0, 0.05) is 24.5 Å². The number of halogens is 1. The van der Waals surface area contributed by atoms with E-state index >= 15 is 0 Å². The largest absolute Gasteiger partial charge is 0.346 e. The molecule has 0 unspecified atom stereocenters. The fourth-order valence-corrected chi connectivity index (χ4v) is 2.12. The summed E-state index contributed by atoms with van der Waals surface area (Å²) in [5, 5.41) is 10.9. The van der Waals surface area contributed by atoms with Crippen LogP contribution < -0.4 is 5.32 Å². The molecule has 2 heterocycles. The fourth-order valence-electron chi connectivity index (χ4n) is 2.12. The van der Waals surface area contributed by atoms with Gasteiger partial charge in [-0.1, -0.05) is 12.1 Å². The molecule has 6 nitrogen and oxygen atoms in total. The molecule has 0 atom stereocenters. The second kappa shape index (κ2) is 6.30. The van der Waals surface area contributed by atoms with E-state index in [-0.39, 0.29) is 5.82 Å². The molecule has 112 valence electrons. The van der Waals surface area contributed by atoms with Gasteiger partial charge in [-0.05, 0) is 19.1 Å². The number of nitrogens with one attached hydrogen (secondary N) is 1. The van der Waals surface area contributed by atoms with Crippen molar-refractivity contribution >= 4 is 5.95 Å². The van der Waals surface area contributed by atoms with Crippen LogP contribution in [-0.4, -0.2) is 24.7 Å². The number of rotatable bonds is 5. The van der Waals surface area contributed by atoms with E-state index in [1.165, 1.54) is 18.3 Å². The monoisotopic (exact) mass is 298 g/mol. The van der Waals surface area contributed by atoms with Crippen molar-refractivity contribution in [3.05, 3.63) is 54.5 Å². The first kappa shape index (κ1) is 14.1. The molecule has 1 N–H and O–H groups in total. The molecular weight excluding hydrogens is 283 g/mol. The van der Waals surface area contributed by atoms with Gasteiger partial charge in [-0.2, -0.15) is 5.10 Å². The molecule has 0 bridgehead atoms. The number of aromatic nitrogens is 5. The molecule has 0 spiro atoms. The van der Waals surface area contributed by atoms with Gasteiger partial charge in [0.15, 0.2) is 0 Å². The van der Waals surface area contributed by atoms with Crippen molar-refractivity contribution in [2.75, 3.05) is 5.32 Å². The van der Waals surface area contributed by atoms with E-state index in [2.05, 4.69) is 25.5 Å². The van der Waals surface area contributed by atoms with Gasteiger partial charge in [0.05, 0.1) is 18.4 Å². The highest BCUT2D eigenvalue weighted by atomic mass is 19.1. The standard InChI is InChI=1S/C15H15FN6/c1-2-22-7-6-17-14(22)10-18-15-20-13(9-19-21-15)11-4-3-5-12(16)8-11/h3-9H,2,10H2,1H3,(H,18,20,21). The third-order valence-electron chi connectivity index (χ3n) is 3.23. The molecule has 0 fully saturated rings. The molecule has 0 amide bonds. The maximum Gasteiger partial charge on any atom is 0.243 e. The SMILES string of the molecule is CCn1ccnc1CNc1nncc(-c2cccc(F)c2)n1. The van der Waals surface area contributed by atoms with E-state index in [0.29, 0.717) is 23.8 Å². The molecule has 1 aromatic carbocycles. The minimum Gasteiger partial charge on any atom is -0.346 e. The smallest absolute Gasteiger partial charge is 0.243 e. The van der Waals surface area contributed by atoms with E-state index in [1.54, 1.807) is 18.3 Å². The van der Waals surface area contributed by atoms with Gasteiger partial charge in [-0.15, -0.1) is 5.10 Å². The lowest BCUT2D eigenvalue weighted by molar-refractivity contribution is 0.628. The molecule has 0 aliphatic heterocycles. The molecule has 22 heavy (non-hydrogen) atoms. The Balaban J connectivity index is 1.77. The Hall–Kier alpha value is -2.83.